The number of hydrogen-bond acceptors (Lipinski definition) is 5. The highest BCUT2D eigenvalue weighted by atomic mass is 19.4. The molecule has 5 nitrogen and oxygen atoms in total. The number of carbonyl (C=O) groups is 3. The fraction of sp³-hybridized carbons (Fsp3) is 0.773. The molecule has 3 unspecified atom stereocenters. The van der Waals surface area contributed by atoms with Crippen LogP contribution >= 0.6 is 0 Å². The minimum Gasteiger partial charge on any atom is -0.465 e. The van der Waals surface area contributed by atoms with Crippen molar-refractivity contribution in [3.8, 4) is 0 Å². The molecule has 0 N–H and O–H groups in total. The average molecular weight is 426 g/mol. The summed E-state index contributed by atoms with van der Waals surface area (Å²) in [6.45, 7) is 6.12. The SMILES string of the molecule is C=C1C(=O)[C@]23CC[C@H]1CC2C12CCC[C@@](C)(COC1=O)C2C[C@H]3OC(=O)C(F)(F)F. The molecular weight excluding hydrogens is 401 g/mol. The summed E-state index contributed by atoms with van der Waals surface area (Å²) in [5, 5.41) is 0. The lowest BCUT2D eigenvalue weighted by Crippen LogP contribution is -2.73. The Balaban J connectivity index is 1.67. The molecule has 164 valence electrons. The number of allylic oxidation sites excluding steroid dienone is 1. The summed E-state index contributed by atoms with van der Waals surface area (Å²) in [5.41, 5.74) is -2.23. The Hall–Kier alpha value is -1.86. The van der Waals surface area contributed by atoms with Crippen LogP contribution in [-0.4, -0.2) is 36.6 Å². The predicted octanol–water partition coefficient (Wildman–Crippen LogP) is 3.76. The van der Waals surface area contributed by atoms with Crippen molar-refractivity contribution in [3.05, 3.63) is 12.2 Å². The number of alkyl halides is 3. The molecule has 1 heterocycles. The molecule has 8 heteroatoms. The van der Waals surface area contributed by atoms with Crippen LogP contribution in [0.1, 0.15) is 51.9 Å². The first-order chi connectivity index (χ1) is 14.0. The third-order valence-electron chi connectivity index (χ3n) is 9.10. The van der Waals surface area contributed by atoms with E-state index in [1.54, 1.807) is 0 Å². The third-order valence-corrected chi connectivity index (χ3v) is 9.10. The van der Waals surface area contributed by atoms with Crippen molar-refractivity contribution in [2.45, 2.75) is 64.1 Å². The van der Waals surface area contributed by atoms with Crippen LogP contribution in [0.5, 0.6) is 0 Å². The normalized spacial score (nSPS) is 47.3. The molecule has 0 aromatic rings. The average Bonchev–Trinajstić information content (AvgIpc) is 2.68. The fourth-order valence-corrected chi connectivity index (χ4v) is 7.84. The van der Waals surface area contributed by atoms with Crippen molar-refractivity contribution in [1.82, 2.24) is 0 Å². The molecule has 4 bridgehead atoms. The molecule has 30 heavy (non-hydrogen) atoms. The van der Waals surface area contributed by atoms with Crippen LogP contribution in [0, 0.1) is 34.0 Å². The van der Waals surface area contributed by atoms with E-state index in [2.05, 4.69) is 6.58 Å². The van der Waals surface area contributed by atoms with E-state index < -0.39 is 40.4 Å². The van der Waals surface area contributed by atoms with Crippen molar-refractivity contribution in [3.63, 3.8) is 0 Å². The molecule has 5 saturated carbocycles. The summed E-state index contributed by atoms with van der Waals surface area (Å²) in [5.74, 6) is -3.77. The van der Waals surface area contributed by atoms with Crippen LogP contribution in [0.2, 0.25) is 0 Å². The summed E-state index contributed by atoms with van der Waals surface area (Å²) in [6, 6.07) is 0. The van der Waals surface area contributed by atoms with Crippen LogP contribution in [0.25, 0.3) is 0 Å². The van der Waals surface area contributed by atoms with Gasteiger partial charge in [0.25, 0.3) is 0 Å². The highest BCUT2D eigenvalue weighted by molar-refractivity contribution is 6.03. The van der Waals surface area contributed by atoms with Crippen molar-refractivity contribution >= 4 is 17.7 Å². The highest BCUT2D eigenvalue weighted by Gasteiger charge is 2.76. The van der Waals surface area contributed by atoms with Gasteiger partial charge in [-0.05, 0) is 61.9 Å². The van der Waals surface area contributed by atoms with E-state index in [1.165, 1.54) is 0 Å². The molecule has 6 fully saturated rings. The number of esters is 2. The standard InChI is InChI=1S/C22H25F3O5/c1-11-12-4-7-21(16(11)26)14(8-12)20-6-3-5-19(2,10-29-17(20)27)13(20)9-15(21)30-18(28)22(23,24)25/h12-15H,1,3-10H2,2H3/t12-,13?,14?,15+,19-,20?,21+/m0/s1. The first kappa shape index (κ1) is 20.1. The van der Waals surface area contributed by atoms with Gasteiger partial charge < -0.3 is 9.47 Å². The first-order valence-electron chi connectivity index (χ1n) is 10.7. The quantitative estimate of drug-likeness (QED) is 0.472. The maximum absolute atomic E-state index is 13.5. The Bertz CT molecular complexity index is 865. The number of halogens is 3. The summed E-state index contributed by atoms with van der Waals surface area (Å²) < 4.78 is 50.0. The molecule has 5 aliphatic carbocycles. The Morgan fingerprint density at radius 3 is 2.57 bits per heavy atom. The number of carbonyl (C=O) groups excluding carboxylic acids is 3. The van der Waals surface area contributed by atoms with E-state index >= 15 is 0 Å². The summed E-state index contributed by atoms with van der Waals surface area (Å²) in [7, 11) is 0. The lowest BCUT2D eigenvalue weighted by molar-refractivity contribution is -0.265. The van der Waals surface area contributed by atoms with Crippen molar-refractivity contribution < 1.29 is 37.0 Å². The molecule has 1 spiro atoms. The van der Waals surface area contributed by atoms with Gasteiger partial charge in [-0.15, -0.1) is 0 Å². The molecular formula is C22H25F3O5. The van der Waals surface area contributed by atoms with Crippen LogP contribution in [0.3, 0.4) is 0 Å². The maximum Gasteiger partial charge on any atom is 0.490 e. The smallest absolute Gasteiger partial charge is 0.465 e. The fourth-order valence-electron chi connectivity index (χ4n) is 7.84. The predicted molar refractivity (Wildman–Crippen MR) is 96.8 cm³/mol. The highest BCUT2D eigenvalue weighted by Crippen LogP contribution is 2.73. The van der Waals surface area contributed by atoms with Crippen molar-refractivity contribution in [1.29, 1.82) is 0 Å². The van der Waals surface area contributed by atoms with E-state index in [4.69, 9.17) is 9.47 Å². The zero-order chi connectivity index (χ0) is 21.7. The number of cyclic esters (lactones) is 1. The van der Waals surface area contributed by atoms with Gasteiger partial charge in [-0.3, -0.25) is 9.59 Å². The summed E-state index contributed by atoms with van der Waals surface area (Å²) in [4.78, 5) is 38.6. The van der Waals surface area contributed by atoms with Crippen LogP contribution in [0.15, 0.2) is 12.2 Å². The van der Waals surface area contributed by atoms with Crippen molar-refractivity contribution in [2.24, 2.45) is 34.0 Å². The number of ketones is 1. The van der Waals surface area contributed by atoms with Gasteiger partial charge in [-0.25, -0.2) is 4.79 Å². The summed E-state index contributed by atoms with van der Waals surface area (Å²) >= 11 is 0. The van der Waals surface area contributed by atoms with Gasteiger partial charge in [0.1, 0.15) is 6.10 Å². The molecule has 1 aliphatic heterocycles. The molecule has 0 radical (unpaired) electrons. The topological polar surface area (TPSA) is 69.7 Å². The largest absolute Gasteiger partial charge is 0.490 e. The Morgan fingerprint density at radius 2 is 1.87 bits per heavy atom. The van der Waals surface area contributed by atoms with Gasteiger partial charge in [0.2, 0.25) is 0 Å². The molecule has 6 aliphatic rings. The second-order valence-corrected chi connectivity index (χ2v) is 10.2. The minimum absolute atomic E-state index is 0.0770. The van der Waals surface area contributed by atoms with E-state index in [0.717, 1.165) is 12.8 Å². The second kappa shape index (κ2) is 5.88. The minimum atomic E-state index is -5.14. The Labute approximate surface area is 172 Å². The van der Waals surface area contributed by atoms with Crippen LogP contribution < -0.4 is 0 Å². The van der Waals surface area contributed by atoms with Gasteiger partial charge in [0, 0.05) is 5.41 Å². The molecule has 0 aromatic carbocycles. The van der Waals surface area contributed by atoms with Gasteiger partial charge in [-0.1, -0.05) is 19.9 Å². The summed E-state index contributed by atoms with van der Waals surface area (Å²) in [6.07, 6.45) is -2.69. The lowest BCUT2D eigenvalue weighted by atomic mass is 9.35. The second-order valence-electron chi connectivity index (χ2n) is 10.2. The van der Waals surface area contributed by atoms with Gasteiger partial charge in [-0.2, -0.15) is 13.2 Å². The Kier molecular flexibility index (Phi) is 3.94. The molecule has 7 atom stereocenters. The molecule has 1 saturated heterocycles. The van der Waals surface area contributed by atoms with E-state index in [-0.39, 0.29) is 36.6 Å². The number of Topliss-reactive ketones (excluding diaryl/α,β-unsaturated/α-hetero) is 1. The maximum atomic E-state index is 13.5. The number of hydrogen-bond donors (Lipinski definition) is 0. The van der Waals surface area contributed by atoms with Gasteiger partial charge in [0.05, 0.1) is 17.4 Å². The third kappa shape index (κ3) is 2.23. The molecule has 0 amide bonds. The molecule has 0 aromatic heterocycles. The number of ether oxygens (including phenoxy) is 2. The van der Waals surface area contributed by atoms with E-state index in [9.17, 15) is 27.6 Å². The molecule has 6 rings (SSSR count). The zero-order valence-corrected chi connectivity index (χ0v) is 16.8. The van der Waals surface area contributed by atoms with E-state index in [1.807, 2.05) is 6.92 Å². The lowest BCUT2D eigenvalue weighted by Gasteiger charge is -2.69. The van der Waals surface area contributed by atoms with E-state index in [0.29, 0.717) is 31.3 Å². The first-order valence-corrected chi connectivity index (χ1v) is 10.7. The van der Waals surface area contributed by atoms with Crippen molar-refractivity contribution in [2.75, 3.05) is 6.61 Å². The van der Waals surface area contributed by atoms with Gasteiger partial charge in [0.15, 0.2) is 5.78 Å². The zero-order valence-electron chi connectivity index (χ0n) is 16.8. The van der Waals surface area contributed by atoms with Crippen LogP contribution in [0.4, 0.5) is 13.2 Å². The van der Waals surface area contributed by atoms with Crippen LogP contribution in [-0.2, 0) is 23.9 Å². The Morgan fingerprint density at radius 1 is 1.13 bits per heavy atom. The van der Waals surface area contributed by atoms with Gasteiger partial charge >= 0.3 is 18.1 Å². The number of fused-ring (bicyclic) bond motifs is 2. The number of rotatable bonds is 1. The monoisotopic (exact) mass is 426 g/mol.